The number of fused-ring (bicyclic) bond motifs is 2. The van der Waals surface area contributed by atoms with Crippen molar-refractivity contribution in [2.24, 2.45) is 11.8 Å². The molecule has 1 amide bonds. The molecule has 2 aliphatic carbocycles. The summed E-state index contributed by atoms with van der Waals surface area (Å²) in [5, 5.41) is 0. The zero-order valence-corrected chi connectivity index (χ0v) is 26.1. The number of rotatable bonds is 21. The summed E-state index contributed by atoms with van der Waals surface area (Å²) in [5.41, 5.74) is 1.33. The molecule has 2 fully saturated rings. The largest absolute Gasteiger partial charge is 0.462 e. The van der Waals surface area contributed by atoms with E-state index in [4.69, 9.17) is 9.47 Å². The fraction of sp³-hybridized carbons (Fsp3) is 0.722. The number of esters is 1. The summed E-state index contributed by atoms with van der Waals surface area (Å²) in [6, 6.07) is 10.8. The van der Waals surface area contributed by atoms with Crippen molar-refractivity contribution in [3.05, 3.63) is 48.0 Å². The van der Waals surface area contributed by atoms with Crippen LogP contribution in [0.15, 0.2) is 42.5 Å². The van der Waals surface area contributed by atoms with Crippen LogP contribution in [-0.2, 0) is 14.3 Å². The van der Waals surface area contributed by atoms with Crippen LogP contribution >= 0.6 is 0 Å². The average molecular weight is 568 g/mol. The maximum Gasteiger partial charge on any atom is 0.410 e. The molecule has 1 aromatic carbocycles. The molecule has 0 aliphatic heterocycles. The van der Waals surface area contributed by atoms with Crippen molar-refractivity contribution in [1.82, 2.24) is 4.90 Å². The molecule has 230 valence electrons. The Balaban J connectivity index is 1.20. The highest BCUT2D eigenvalue weighted by Crippen LogP contribution is 2.54. The molecule has 0 radical (unpaired) electrons. The molecule has 0 spiro atoms. The van der Waals surface area contributed by atoms with Gasteiger partial charge in [-0.05, 0) is 75.7 Å². The topological polar surface area (TPSA) is 55.8 Å². The van der Waals surface area contributed by atoms with E-state index in [-0.39, 0.29) is 31.3 Å². The van der Waals surface area contributed by atoms with Gasteiger partial charge in [-0.3, -0.25) is 4.79 Å². The zero-order valence-electron chi connectivity index (χ0n) is 26.1. The van der Waals surface area contributed by atoms with E-state index in [1.807, 2.05) is 11.8 Å². The Morgan fingerprint density at radius 2 is 1.39 bits per heavy atom. The van der Waals surface area contributed by atoms with Crippen molar-refractivity contribution in [3.63, 3.8) is 0 Å². The van der Waals surface area contributed by atoms with Gasteiger partial charge in [-0.1, -0.05) is 101 Å². The van der Waals surface area contributed by atoms with Crippen LogP contribution in [0.25, 0.3) is 0 Å². The molecule has 2 saturated carbocycles. The highest BCUT2D eigenvalue weighted by Gasteiger charge is 2.51. The molecule has 0 saturated heterocycles. The van der Waals surface area contributed by atoms with Gasteiger partial charge in [0.25, 0.3) is 0 Å². The molecule has 0 aromatic heterocycles. The lowest BCUT2D eigenvalue weighted by Crippen LogP contribution is -2.47. The summed E-state index contributed by atoms with van der Waals surface area (Å²) in [6.45, 7) is 5.17. The van der Waals surface area contributed by atoms with Crippen LogP contribution in [0, 0.1) is 11.8 Å². The minimum atomic E-state index is -0.278. The summed E-state index contributed by atoms with van der Waals surface area (Å²) < 4.78 is 10.9. The predicted molar refractivity (Wildman–Crippen MR) is 168 cm³/mol. The van der Waals surface area contributed by atoms with Crippen LogP contribution in [-0.4, -0.2) is 42.8 Å². The molecule has 41 heavy (non-hydrogen) atoms. The quantitative estimate of drug-likeness (QED) is 0.0843. The van der Waals surface area contributed by atoms with Gasteiger partial charge in [-0.2, -0.15) is 0 Å². The first-order valence-electron chi connectivity index (χ1n) is 16.9. The van der Waals surface area contributed by atoms with Gasteiger partial charge in [0.2, 0.25) is 0 Å². The maximum absolute atomic E-state index is 13.0. The molecule has 2 bridgehead atoms. The number of carbonyl (C=O) groups excluding carboxylic acids is 2. The van der Waals surface area contributed by atoms with E-state index in [0.717, 1.165) is 19.3 Å². The van der Waals surface area contributed by atoms with E-state index < -0.39 is 0 Å². The number of benzene rings is 1. The highest BCUT2D eigenvalue weighted by atomic mass is 16.6. The van der Waals surface area contributed by atoms with Crippen LogP contribution in [0.1, 0.15) is 134 Å². The lowest BCUT2D eigenvalue weighted by molar-refractivity contribution is -0.144. The van der Waals surface area contributed by atoms with Crippen LogP contribution < -0.4 is 0 Å². The lowest BCUT2D eigenvalue weighted by atomic mass is 9.79. The summed E-state index contributed by atoms with van der Waals surface area (Å²) in [5.74, 6) is 1.38. The van der Waals surface area contributed by atoms with Gasteiger partial charge in [-0.15, -0.1) is 0 Å². The summed E-state index contributed by atoms with van der Waals surface area (Å²) in [7, 11) is 0. The first-order valence-corrected chi connectivity index (χ1v) is 16.9. The number of ether oxygens (including phenoxy) is 2. The van der Waals surface area contributed by atoms with Gasteiger partial charge < -0.3 is 14.4 Å². The minimum Gasteiger partial charge on any atom is -0.462 e. The molecule has 3 rings (SSSR count). The first-order chi connectivity index (χ1) is 20.2. The lowest BCUT2D eigenvalue weighted by Gasteiger charge is -2.39. The van der Waals surface area contributed by atoms with Crippen molar-refractivity contribution in [3.8, 4) is 0 Å². The number of carbonyl (C=O) groups is 2. The molecule has 5 nitrogen and oxygen atoms in total. The summed E-state index contributed by atoms with van der Waals surface area (Å²) in [6.07, 6.45) is 24.6. The Kier molecular flexibility index (Phi) is 16.0. The third-order valence-electron chi connectivity index (χ3n) is 9.21. The summed E-state index contributed by atoms with van der Waals surface area (Å²) >= 11 is 0. The van der Waals surface area contributed by atoms with Crippen LogP contribution in [0.2, 0.25) is 0 Å². The monoisotopic (exact) mass is 567 g/mol. The second kappa shape index (κ2) is 19.8. The number of nitrogens with zero attached hydrogens (tertiary/aromatic N) is 1. The van der Waals surface area contributed by atoms with Gasteiger partial charge in [0, 0.05) is 24.9 Å². The third-order valence-corrected chi connectivity index (χ3v) is 9.21. The molecule has 5 heteroatoms. The standard InChI is InChI=1S/C36H57NO4/c1-3-5-6-7-8-9-10-11-12-13-14-15-16-17-21-24-33(38)40-27-28-41-36(39)37(4-2)35-32-26-25-31(29-32)34(35)30-22-19-18-20-23-30/h11-12,18-20,22-23,31-32,34-35H,3-10,13-17,21,24-29H2,1-2H3/b12-11-. The van der Waals surface area contributed by atoms with E-state index in [0.29, 0.717) is 30.7 Å². The normalized spacial score (nSPS) is 21.4. The van der Waals surface area contributed by atoms with Crippen molar-refractivity contribution >= 4 is 12.1 Å². The second-order valence-electron chi connectivity index (χ2n) is 12.2. The fourth-order valence-corrected chi connectivity index (χ4v) is 7.10. The molecule has 0 N–H and O–H groups in total. The van der Waals surface area contributed by atoms with Crippen LogP contribution in [0.4, 0.5) is 4.79 Å². The number of amides is 1. The predicted octanol–water partition coefficient (Wildman–Crippen LogP) is 9.61. The first kappa shape index (κ1) is 33.2. The number of hydrogen-bond acceptors (Lipinski definition) is 4. The van der Waals surface area contributed by atoms with E-state index in [2.05, 4.69) is 49.4 Å². The van der Waals surface area contributed by atoms with Crippen molar-refractivity contribution in [2.75, 3.05) is 19.8 Å². The van der Waals surface area contributed by atoms with Gasteiger partial charge in [0.05, 0.1) is 0 Å². The Labute approximate surface area is 250 Å². The number of likely N-dealkylation sites (N-methyl/N-ethyl adjacent to an activating group) is 1. The average Bonchev–Trinajstić information content (AvgIpc) is 3.61. The Morgan fingerprint density at radius 1 is 0.780 bits per heavy atom. The highest BCUT2D eigenvalue weighted by molar-refractivity contribution is 5.69. The van der Waals surface area contributed by atoms with Gasteiger partial charge in [0.15, 0.2) is 0 Å². The number of allylic oxidation sites excluding steroid dienone is 2. The van der Waals surface area contributed by atoms with E-state index >= 15 is 0 Å². The van der Waals surface area contributed by atoms with E-state index in [9.17, 15) is 9.59 Å². The molecular weight excluding hydrogens is 510 g/mol. The van der Waals surface area contributed by atoms with Crippen molar-refractivity contribution < 1.29 is 19.1 Å². The minimum absolute atomic E-state index is 0.115. The van der Waals surface area contributed by atoms with Crippen LogP contribution in [0.5, 0.6) is 0 Å². The Morgan fingerprint density at radius 3 is 2.07 bits per heavy atom. The molecule has 0 heterocycles. The molecule has 4 atom stereocenters. The van der Waals surface area contributed by atoms with Gasteiger partial charge in [-0.25, -0.2) is 4.79 Å². The van der Waals surface area contributed by atoms with Gasteiger partial charge >= 0.3 is 12.1 Å². The van der Waals surface area contributed by atoms with E-state index in [1.54, 1.807) is 0 Å². The fourth-order valence-electron chi connectivity index (χ4n) is 7.10. The zero-order chi connectivity index (χ0) is 29.1. The Bertz CT molecular complexity index is 885. The number of unbranched alkanes of at least 4 members (excludes halogenated alkanes) is 11. The smallest absolute Gasteiger partial charge is 0.410 e. The van der Waals surface area contributed by atoms with Crippen molar-refractivity contribution in [1.29, 1.82) is 0 Å². The van der Waals surface area contributed by atoms with E-state index in [1.165, 1.54) is 89.0 Å². The van der Waals surface area contributed by atoms with Crippen LogP contribution in [0.3, 0.4) is 0 Å². The molecule has 2 aliphatic rings. The molecule has 4 unspecified atom stereocenters. The second-order valence-corrected chi connectivity index (χ2v) is 12.2. The third kappa shape index (κ3) is 11.5. The molecular formula is C36H57NO4. The van der Waals surface area contributed by atoms with Gasteiger partial charge in [0.1, 0.15) is 13.2 Å². The maximum atomic E-state index is 13.0. The number of hydrogen-bond donors (Lipinski definition) is 0. The SMILES string of the molecule is CCCCCCCC/C=C\CCCCCCCC(=O)OCCOC(=O)N(CC)C1C2CCC(C2)C1c1ccccc1. The summed E-state index contributed by atoms with van der Waals surface area (Å²) in [4.78, 5) is 27.1. The Hall–Kier alpha value is -2.30. The van der Waals surface area contributed by atoms with Crippen molar-refractivity contribution in [2.45, 2.75) is 135 Å². The molecule has 1 aromatic rings.